The summed E-state index contributed by atoms with van der Waals surface area (Å²) in [6, 6.07) is 8.37. The SMILES string of the molecule is Cc1ccc(Cn2c(C)nc3sc4c(c3c2=O)CCCC4)cc1. The summed E-state index contributed by atoms with van der Waals surface area (Å²) in [5.74, 6) is 0.807. The molecule has 4 heteroatoms. The fraction of sp³-hybridized carbons (Fsp3) is 0.368. The minimum absolute atomic E-state index is 0.132. The molecule has 3 nitrogen and oxygen atoms in total. The van der Waals surface area contributed by atoms with E-state index in [9.17, 15) is 4.79 Å². The van der Waals surface area contributed by atoms with Gasteiger partial charge in [0.1, 0.15) is 10.7 Å². The summed E-state index contributed by atoms with van der Waals surface area (Å²) in [4.78, 5) is 20.1. The first kappa shape index (κ1) is 14.6. The molecule has 2 heterocycles. The predicted octanol–water partition coefficient (Wildman–Crippen LogP) is 4.00. The fourth-order valence-corrected chi connectivity index (χ4v) is 4.70. The molecule has 0 unspecified atom stereocenters. The molecule has 0 aliphatic heterocycles. The van der Waals surface area contributed by atoms with Gasteiger partial charge in [-0.3, -0.25) is 9.36 Å². The Labute approximate surface area is 139 Å². The highest BCUT2D eigenvalue weighted by Crippen LogP contribution is 2.33. The van der Waals surface area contributed by atoms with Crippen LogP contribution in [0.25, 0.3) is 10.2 Å². The van der Waals surface area contributed by atoms with E-state index in [0.29, 0.717) is 6.54 Å². The number of hydrogen-bond donors (Lipinski definition) is 0. The number of benzene rings is 1. The molecule has 0 saturated carbocycles. The largest absolute Gasteiger partial charge is 0.292 e. The zero-order chi connectivity index (χ0) is 16.0. The Kier molecular flexibility index (Phi) is 3.57. The van der Waals surface area contributed by atoms with Gasteiger partial charge in [0.2, 0.25) is 0 Å². The smallest absolute Gasteiger partial charge is 0.262 e. The van der Waals surface area contributed by atoms with Crippen LogP contribution in [0.5, 0.6) is 0 Å². The second-order valence-corrected chi connectivity index (χ2v) is 7.51. The molecule has 1 aliphatic carbocycles. The van der Waals surface area contributed by atoms with Gasteiger partial charge in [0.05, 0.1) is 11.9 Å². The maximum Gasteiger partial charge on any atom is 0.262 e. The first-order chi connectivity index (χ1) is 11.1. The molecule has 2 aromatic heterocycles. The molecule has 0 radical (unpaired) electrons. The number of rotatable bonds is 2. The van der Waals surface area contributed by atoms with E-state index in [1.54, 1.807) is 11.3 Å². The van der Waals surface area contributed by atoms with Crippen molar-refractivity contribution in [2.24, 2.45) is 0 Å². The van der Waals surface area contributed by atoms with Crippen molar-refractivity contribution in [1.29, 1.82) is 0 Å². The van der Waals surface area contributed by atoms with Crippen LogP contribution in [0.2, 0.25) is 0 Å². The van der Waals surface area contributed by atoms with Crippen molar-refractivity contribution < 1.29 is 0 Å². The van der Waals surface area contributed by atoms with Gasteiger partial charge in [0.25, 0.3) is 5.56 Å². The zero-order valence-corrected chi connectivity index (χ0v) is 14.4. The van der Waals surface area contributed by atoms with Gasteiger partial charge in [-0.15, -0.1) is 11.3 Å². The highest BCUT2D eigenvalue weighted by molar-refractivity contribution is 7.18. The standard InChI is InChI=1S/C19H20N2OS/c1-12-7-9-14(10-8-12)11-21-13(2)20-18-17(19(21)22)15-5-3-4-6-16(15)23-18/h7-10H,3-6,11H2,1-2H3. The molecule has 1 aliphatic rings. The Bertz CT molecular complexity index is 935. The monoisotopic (exact) mass is 324 g/mol. The van der Waals surface area contributed by atoms with Crippen LogP contribution in [0.1, 0.15) is 40.2 Å². The molecule has 0 atom stereocenters. The third-order valence-electron chi connectivity index (χ3n) is 4.73. The molecule has 0 saturated heterocycles. The minimum atomic E-state index is 0.132. The molecule has 1 aromatic carbocycles. The van der Waals surface area contributed by atoms with Gasteiger partial charge in [-0.2, -0.15) is 0 Å². The molecular formula is C19H20N2OS. The summed E-state index contributed by atoms with van der Waals surface area (Å²) < 4.78 is 1.83. The normalized spacial score (nSPS) is 14.2. The predicted molar refractivity (Wildman–Crippen MR) is 95.5 cm³/mol. The first-order valence-electron chi connectivity index (χ1n) is 8.21. The molecule has 0 bridgehead atoms. The Morgan fingerprint density at radius 3 is 2.65 bits per heavy atom. The van der Waals surface area contributed by atoms with Gasteiger partial charge in [0, 0.05) is 4.88 Å². The van der Waals surface area contributed by atoms with Gasteiger partial charge in [-0.25, -0.2) is 4.98 Å². The van der Waals surface area contributed by atoms with Crippen LogP contribution in [0.15, 0.2) is 29.1 Å². The third-order valence-corrected chi connectivity index (χ3v) is 5.91. The first-order valence-corrected chi connectivity index (χ1v) is 9.02. The molecule has 0 amide bonds. The van der Waals surface area contributed by atoms with Crippen LogP contribution in [-0.2, 0) is 19.4 Å². The summed E-state index contributed by atoms with van der Waals surface area (Å²) in [5, 5.41) is 0.877. The second kappa shape index (κ2) is 5.60. The van der Waals surface area contributed by atoms with Gasteiger partial charge in [0.15, 0.2) is 0 Å². The molecule has 0 N–H and O–H groups in total. The van der Waals surface area contributed by atoms with Crippen LogP contribution in [0.4, 0.5) is 0 Å². The van der Waals surface area contributed by atoms with Gasteiger partial charge in [-0.05, 0) is 50.7 Å². The van der Waals surface area contributed by atoms with Crippen LogP contribution < -0.4 is 5.56 Å². The summed E-state index contributed by atoms with van der Waals surface area (Å²) in [7, 11) is 0. The summed E-state index contributed by atoms with van der Waals surface area (Å²) >= 11 is 1.72. The quantitative estimate of drug-likeness (QED) is 0.714. The maximum absolute atomic E-state index is 13.1. The Morgan fingerprint density at radius 1 is 1.13 bits per heavy atom. The Hall–Kier alpha value is -1.94. The number of fused-ring (bicyclic) bond motifs is 3. The number of nitrogens with zero attached hydrogens (tertiary/aromatic N) is 2. The topological polar surface area (TPSA) is 34.9 Å². The average Bonchev–Trinajstić information content (AvgIpc) is 2.91. The molecule has 0 fully saturated rings. The lowest BCUT2D eigenvalue weighted by Gasteiger charge is -2.12. The molecule has 4 rings (SSSR count). The van der Waals surface area contributed by atoms with Crippen molar-refractivity contribution in [3.8, 4) is 0 Å². The number of aryl methyl sites for hydroxylation is 4. The Morgan fingerprint density at radius 2 is 1.87 bits per heavy atom. The van der Waals surface area contributed by atoms with Crippen LogP contribution >= 0.6 is 11.3 Å². The molecule has 23 heavy (non-hydrogen) atoms. The molecule has 3 aromatic rings. The summed E-state index contributed by atoms with van der Waals surface area (Å²) in [6.45, 7) is 4.61. The van der Waals surface area contributed by atoms with Gasteiger partial charge in [-0.1, -0.05) is 29.8 Å². The van der Waals surface area contributed by atoms with Gasteiger partial charge >= 0.3 is 0 Å². The van der Waals surface area contributed by atoms with Crippen molar-refractivity contribution in [2.75, 3.05) is 0 Å². The molecular weight excluding hydrogens is 304 g/mol. The van der Waals surface area contributed by atoms with Crippen LogP contribution in [0, 0.1) is 13.8 Å². The summed E-state index contributed by atoms with van der Waals surface area (Å²) in [5.41, 5.74) is 3.78. The third kappa shape index (κ3) is 2.51. The maximum atomic E-state index is 13.1. The number of hydrogen-bond acceptors (Lipinski definition) is 3. The van der Waals surface area contributed by atoms with Crippen molar-refractivity contribution in [3.05, 3.63) is 62.0 Å². The lowest BCUT2D eigenvalue weighted by molar-refractivity contribution is 0.693. The number of aromatic nitrogens is 2. The fourth-order valence-electron chi connectivity index (χ4n) is 3.40. The van der Waals surface area contributed by atoms with E-state index in [-0.39, 0.29) is 5.56 Å². The minimum Gasteiger partial charge on any atom is -0.292 e. The van der Waals surface area contributed by atoms with E-state index in [1.807, 2.05) is 11.5 Å². The zero-order valence-electron chi connectivity index (χ0n) is 13.6. The van der Waals surface area contributed by atoms with E-state index < -0.39 is 0 Å². The highest BCUT2D eigenvalue weighted by atomic mass is 32.1. The van der Waals surface area contributed by atoms with Crippen molar-refractivity contribution in [1.82, 2.24) is 9.55 Å². The van der Waals surface area contributed by atoms with Crippen LogP contribution in [0.3, 0.4) is 0 Å². The van der Waals surface area contributed by atoms with E-state index in [0.717, 1.165) is 34.4 Å². The molecule has 118 valence electrons. The lowest BCUT2D eigenvalue weighted by Crippen LogP contribution is -2.24. The lowest BCUT2D eigenvalue weighted by atomic mass is 9.97. The highest BCUT2D eigenvalue weighted by Gasteiger charge is 2.21. The van der Waals surface area contributed by atoms with E-state index in [4.69, 9.17) is 4.98 Å². The van der Waals surface area contributed by atoms with Crippen molar-refractivity contribution >= 4 is 21.6 Å². The van der Waals surface area contributed by atoms with E-state index in [1.165, 1.54) is 28.8 Å². The van der Waals surface area contributed by atoms with Crippen molar-refractivity contribution in [3.63, 3.8) is 0 Å². The second-order valence-electron chi connectivity index (χ2n) is 6.43. The van der Waals surface area contributed by atoms with E-state index >= 15 is 0 Å². The number of thiophene rings is 1. The van der Waals surface area contributed by atoms with E-state index in [2.05, 4.69) is 31.2 Å². The van der Waals surface area contributed by atoms with Gasteiger partial charge < -0.3 is 0 Å². The average molecular weight is 324 g/mol. The van der Waals surface area contributed by atoms with Crippen LogP contribution in [-0.4, -0.2) is 9.55 Å². The van der Waals surface area contributed by atoms with Crippen molar-refractivity contribution in [2.45, 2.75) is 46.1 Å². The molecule has 0 spiro atoms. The summed E-state index contributed by atoms with van der Waals surface area (Å²) in [6.07, 6.45) is 4.55. The Balaban J connectivity index is 1.86.